The SMILES string of the molecule is CCN(OC)c1cccc(CCCc2noc(CC(CC(=O)O)c3cccc(F)c3)n2)n1. The fourth-order valence-electron chi connectivity index (χ4n) is 3.52. The number of hydrogen-bond donors (Lipinski definition) is 1. The van der Waals surface area contributed by atoms with Crippen molar-refractivity contribution in [1.29, 1.82) is 0 Å². The molecule has 1 N–H and O–H groups in total. The van der Waals surface area contributed by atoms with Crippen LogP contribution >= 0.6 is 0 Å². The number of pyridine rings is 1. The molecule has 2 heterocycles. The summed E-state index contributed by atoms with van der Waals surface area (Å²) in [7, 11) is 1.61. The Kier molecular flexibility index (Phi) is 8.27. The number of anilines is 1. The smallest absolute Gasteiger partial charge is 0.303 e. The van der Waals surface area contributed by atoms with E-state index in [4.69, 9.17) is 9.36 Å². The van der Waals surface area contributed by atoms with Gasteiger partial charge in [-0.2, -0.15) is 4.98 Å². The van der Waals surface area contributed by atoms with E-state index in [-0.39, 0.29) is 12.8 Å². The van der Waals surface area contributed by atoms with Gasteiger partial charge in [0.2, 0.25) is 5.89 Å². The first-order valence-corrected chi connectivity index (χ1v) is 10.5. The van der Waals surface area contributed by atoms with Crippen LogP contribution in [0.3, 0.4) is 0 Å². The fourth-order valence-corrected chi connectivity index (χ4v) is 3.52. The van der Waals surface area contributed by atoms with E-state index in [2.05, 4.69) is 15.1 Å². The van der Waals surface area contributed by atoms with Gasteiger partial charge in [0, 0.05) is 31.0 Å². The molecule has 0 radical (unpaired) electrons. The highest BCUT2D eigenvalue weighted by Gasteiger charge is 2.20. The van der Waals surface area contributed by atoms with Crippen LogP contribution in [0.5, 0.6) is 0 Å². The third-order valence-corrected chi connectivity index (χ3v) is 5.06. The van der Waals surface area contributed by atoms with E-state index in [1.54, 1.807) is 24.3 Å². The molecule has 32 heavy (non-hydrogen) atoms. The van der Waals surface area contributed by atoms with Crippen LogP contribution in [0.1, 0.15) is 48.7 Å². The second kappa shape index (κ2) is 11.3. The lowest BCUT2D eigenvalue weighted by Crippen LogP contribution is -2.22. The summed E-state index contributed by atoms with van der Waals surface area (Å²) in [6, 6.07) is 11.7. The van der Waals surface area contributed by atoms with Crippen LogP contribution in [-0.2, 0) is 28.9 Å². The molecule has 0 amide bonds. The van der Waals surface area contributed by atoms with Crippen LogP contribution in [0.2, 0.25) is 0 Å². The molecule has 0 bridgehead atoms. The Balaban J connectivity index is 1.58. The number of benzene rings is 1. The summed E-state index contributed by atoms with van der Waals surface area (Å²) in [6.07, 6.45) is 2.19. The lowest BCUT2D eigenvalue weighted by molar-refractivity contribution is -0.137. The molecule has 0 spiro atoms. The highest BCUT2D eigenvalue weighted by Crippen LogP contribution is 2.25. The molecule has 0 saturated heterocycles. The summed E-state index contributed by atoms with van der Waals surface area (Å²) in [5.41, 5.74) is 1.53. The zero-order valence-corrected chi connectivity index (χ0v) is 18.2. The maximum absolute atomic E-state index is 13.6. The van der Waals surface area contributed by atoms with Crippen LogP contribution in [0.15, 0.2) is 47.0 Å². The summed E-state index contributed by atoms with van der Waals surface area (Å²) in [5.74, 6) is -0.175. The normalized spacial score (nSPS) is 12.0. The monoisotopic (exact) mass is 442 g/mol. The Morgan fingerprint density at radius 3 is 2.75 bits per heavy atom. The summed E-state index contributed by atoms with van der Waals surface area (Å²) in [6.45, 7) is 2.68. The zero-order valence-electron chi connectivity index (χ0n) is 18.2. The van der Waals surface area contributed by atoms with Gasteiger partial charge in [-0.25, -0.2) is 14.4 Å². The Morgan fingerprint density at radius 2 is 2.03 bits per heavy atom. The first-order chi connectivity index (χ1) is 15.5. The maximum Gasteiger partial charge on any atom is 0.303 e. The van der Waals surface area contributed by atoms with Crippen molar-refractivity contribution in [2.45, 2.75) is 44.9 Å². The zero-order chi connectivity index (χ0) is 22.9. The van der Waals surface area contributed by atoms with E-state index in [1.165, 1.54) is 12.1 Å². The predicted molar refractivity (Wildman–Crippen MR) is 116 cm³/mol. The molecule has 1 aromatic carbocycles. The molecule has 0 aliphatic rings. The molecule has 0 aliphatic carbocycles. The van der Waals surface area contributed by atoms with E-state index in [0.717, 1.165) is 24.4 Å². The van der Waals surface area contributed by atoms with Gasteiger partial charge >= 0.3 is 5.97 Å². The van der Waals surface area contributed by atoms with Gasteiger partial charge in [0.1, 0.15) is 5.82 Å². The van der Waals surface area contributed by atoms with Crippen molar-refractivity contribution in [2.75, 3.05) is 18.7 Å². The van der Waals surface area contributed by atoms with E-state index >= 15 is 0 Å². The molecule has 0 fully saturated rings. The number of aryl methyl sites for hydroxylation is 2. The Hall–Kier alpha value is -3.33. The maximum atomic E-state index is 13.6. The molecule has 8 nitrogen and oxygen atoms in total. The topological polar surface area (TPSA) is 102 Å². The van der Waals surface area contributed by atoms with Gasteiger partial charge in [0.25, 0.3) is 0 Å². The molecule has 170 valence electrons. The number of aromatic nitrogens is 3. The van der Waals surface area contributed by atoms with Gasteiger partial charge in [0.15, 0.2) is 11.6 Å². The predicted octanol–water partition coefficient (Wildman–Crippen LogP) is 3.97. The van der Waals surface area contributed by atoms with Gasteiger partial charge in [-0.1, -0.05) is 23.4 Å². The minimum absolute atomic E-state index is 0.153. The third kappa shape index (κ3) is 6.58. The van der Waals surface area contributed by atoms with Gasteiger partial charge in [-0.15, -0.1) is 0 Å². The molecular formula is C23H27FN4O4. The number of nitrogens with zero attached hydrogens (tertiary/aromatic N) is 4. The van der Waals surface area contributed by atoms with E-state index in [1.807, 2.05) is 25.1 Å². The summed E-state index contributed by atoms with van der Waals surface area (Å²) in [5, 5.41) is 14.9. The molecular weight excluding hydrogens is 415 g/mol. The number of carboxylic acids is 1. The van der Waals surface area contributed by atoms with Crippen LogP contribution in [0.25, 0.3) is 0 Å². The number of hydroxylamine groups is 1. The van der Waals surface area contributed by atoms with Crippen molar-refractivity contribution in [3.8, 4) is 0 Å². The van der Waals surface area contributed by atoms with Crippen LogP contribution in [0, 0.1) is 5.82 Å². The molecule has 0 aliphatic heterocycles. The van der Waals surface area contributed by atoms with Gasteiger partial charge in [-0.3, -0.25) is 9.63 Å². The molecule has 3 rings (SSSR count). The molecule has 3 aromatic rings. The van der Waals surface area contributed by atoms with Crippen molar-refractivity contribution < 1.29 is 23.7 Å². The van der Waals surface area contributed by atoms with E-state index in [0.29, 0.717) is 30.2 Å². The van der Waals surface area contributed by atoms with Crippen molar-refractivity contribution in [1.82, 2.24) is 15.1 Å². The number of halogens is 1. The molecule has 1 unspecified atom stereocenters. The minimum Gasteiger partial charge on any atom is -0.481 e. The quantitative estimate of drug-likeness (QED) is 0.421. The molecule has 9 heteroatoms. The van der Waals surface area contributed by atoms with Gasteiger partial charge in [0.05, 0.1) is 13.5 Å². The average molecular weight is 442 g/mol. The van der Waals surface area contributed by atoms with Crippen molar-refractivity contribution in [2.24, 2.45) is 0 Å². The number of aliphatic carboxylic acids is 1. The Bertz CT molecular complexity index is 1020. The largest absolute Gasteiger partial charge is 0.481 e. The minimum atomic E-state index is -0.969. The number of hydrogen-bond acceptors (Lipinski definition) is 7. The fraction of sp³-hybridized carbons (Fsp3) is 0.391. The van der Waals surface area contributed by atoms with Crippen LogP contribution in [-0.4, -0.2) is 39.9 Å². The first-order valence-electron chi connectivity index (χ1n) is 10.5. The molecule has 0 saturated carbocycles. The Labute approximate surface area is 186 Å². The van der Waals surface area contributed by atoms with Crippen LogP contribution < -0.4 is 5.06 Å². The molecule has 1 atom stereocenters. The Morgan fingerprint density at radius 1 is 1.22 bits per heavy atom. The second-order valence-corrected chi connectivity index (χ2v) is 7.38. The molecule has 2 aromatic heterocycles. The summed E-state index contributed by atoms with van der Waals surface area (Å²) in [4.78, 5) is 25.6. The summed E-state index contributed by atoms with van der Waals surface area (Å²) < 4.78 is 18.9. The number of carbonyl (C=O) groups is 1. The van der Waals surface area contributed by atoms with Crippen molar-refractivity contribution >= 4 is 11.8 Å². The standard InChI is InChI=1S/C23H27FN4O4/c1-3-28(31-2)21-12-6-10-19(25-21)9-5-11-20-26-22(32-27-20)14-17(15-23(29)30)16-7-4-8-18(24)13-16/h4,6-8,10,12-13,17H,3,5,9,11,14-15H2,1-2H3,(H,29,30). The average Bonchev–Trinajstić information content (AvgIpc) is 3.21. The third-order valence-electron chi connectivity index (χ3n) is 5.06. The van der Waals surface area contributed by atoms with Gasteiger partial charge in [-0.05, 0) is 49.6 Å². The van der Waals surface area contributed by atoms with Crippen molar-refractivity contribution in [3.63, 3.8) is 0 Å². The lowest BCUT2D eigenvalue weighted by atomic mass is 9.92. The number of rotatable bonds is 12. The van der Waals surface area contributed by atoms with E-state index in [9.17, 15) is 14.3 Å². The van der Waals surface area contributed by atoms with Gasteiger partial charge < -0.3 is 9.63 Å². The van der Waals surface area contributed by atoms with Crippen LogP contribution in [0.4, 0.5) is 10.2 Å². The number of carboxylic acid groups (broad SMARTS) is 1. The van der Waals surface area contributed by atoms with E-state index < -0.39 is 17.7 Å². The summed E-state index contributed by atoms with van der Waals surface area (Å²) >= 11 is 0. The second-order valence-electron chi connectivity index (χ2n) is 7.38. The lowest BCUT2D eigenvalue weighted by Gasteiger charge is -2.18. The van der Waals surface area contributed by atoms with Crippen molar-refractivity contribution in [3.05, 3.63) is 71.3 Å². The first kappa shape index (κ1) is 23.3. The highest BCUT2D eigenvalue weighted by atomic mass is 19.1. The highest BCUT2D eigenvalue weighted by molar-refractivity contribution is 5.68.